The Labute approximate surface area is 173 Å². The van der Waals surface area contributed by atoms with Crippen LogP contribution >= 0.6 is 24.0 Å². The number of hydrogen-bond donors (Lipinski definition) is 2. The summed E-state index contributed by atoms with van der Waals surface area (Å²) >= 11 is 0. The van der Waals surface area contributed by atoms with E-state index in [1.807, 2.05) is 42.5 Å². The summed E-state index contributed by atoms with van der Waals surface area (Å²) in [5.41, 5.74) is 1.26. The average Bonchev–Trinajstić information content (AvgIpc) is 2.67. The van der Waals surface area contributed by atoms with Gasteiger partial charge >= 0.3 is 0 Å². The van der Waals surface area contributed by atoms with Crippen molar-refractivity contribution in [1.29, 1.82) is 0 Å². The van der Waals surface area contributed by atoms with Gasteiger partial charge in [-0.15, -0.1) is 24.0 Å². The second-order valence-corrected chi connectivity index (χ2v) is 5.54. The van der Waals surface area contributed by atoms with Gasteiger partial charge in [0.05, 0.1) is 13.7 Å². The zero-order chi connectivity index (χ0) is 17.7. The Morgan fingerprint density at radius 1 is 0.923 bits per heavy atom. The fourth-order valence-electron chi connectivity index (χ4n) is 2.32. The van der Waals surface area contributed by atoms with Crippen molar-refractivity contribution in [3.8, 4) is 11.5 Å². The van der Waals surface area contributed by atoms with Gasteiger partial charge in [-0.05, 0) is 42.7 Å². The van der Waals surface area contributed by atoms with Gasteiger partial charge in [-0.25, -0.2) is 0 Å². The highest BCUT2D eigenvalue weighted by atomic mass is 127. The predicted molar refractivity (Wildman–Crippen MR) is 118 cm³/mol. The maximum absolute atomic E-state index is 5.67. The molecule has 0 aliphatic heterocycles. The molecule has 0 aromatic heterocycles. The minimum atomic E-state index is 0. The van der Waals surface area contributed by atoms with E-state index >= 15 is 0 Å². The number of para-hydroxylation sites is 1. The zero-order valence-corrected chi connectivity index (χ0v) is 17.7. The van der Waals surface area contributed by atoms with Crippen molar-refractivity contribution in [2.45, 2.75) is 12.8 Å². The van der Waals surface area contributed by atoms with Crippen LogP contribution in [0.4, 0.5) is 0 Å². The summed E-state index contributed by atoms with van der Waals surface area (Å²) in [6.07, 6.45) is 1.84. The lowest BCUT2D eigenvalue weighted by Crippen LogP contribution is -2.39. The molecule has 2 aromatic carbocycles. The summed E-state index contributed by atoms with van der Waals surface area (Å²) in [7, 11) is 3.46. The summed E-state index contributed by atoms with van der Waals surface area (Å²) in [5.74, 6) is 2.60. The minimum Gasteiger partial charge on any atom is -0.497 e. The second kappa shape index (κ2) is 13.3. The third-order valence-corrected chi connectivity index (χ3v) is 3.71. The van der Waals surface area contributed by atoms with Crippen LogP contribution in [0.3, 0.4) is 0 Å². The van der Waals surface area contributed by atoms with Crippen molar-refractivity contribution in [1.82, 2.24) is 10.6 Å². The Morgan fingerprint density at radius 3 is 2.27 bits per heavy atom. The first-order valence-corrected chi connectivity index (χ1v) is 8.57. The molecule has 0 radical (unpaired) electrons. The summed E-state index contributed by atoms with van der Waals surface area (Å²) in [5, 5.41) is 6.62. The van der Waals surface area contributed by atoms with Crippen molar-refractivity contribution in [3.63, 3.8) is 0 Å². The van der Waals surface area contributed by atoms with E-state index in [1.54, 1.807) is 14.2 Å². The van der Waals surface area contributed by atoms with Crippen LogP contribution in [-0.2, 0) is 6.42 Å². The van der Waals surface area contributed by atoms with Crippen molar-refractivity contribution in [3.05, 3.63) is 60.2 Å². The Balaban J connectivity index is 0.00000338. The number of hydrogen-bond acceptors (Lipinski definition) is 3. The highest BCUT2D eigenvalue weighted by Gasteiger charge is 1.99. The topological polar surface area (TPSA) is 54.9 Å². The van der Waals surface area contributed by atoms with Gasteiger partial charge in [0.2, 0.25) is 0 Å². The summed E-state index contributed by atoms with van der Waals surface area (Å²) < 4.78 is 10.8. The van der Waals surface area contributed by atoms with Gasteiger partial charge in [-0.1, -0.05) is 30.3 Å². The van der Waals surface area contributed by atoms with E-state index in [-0.39, 0.29) is 24.0 Å². The quantitative estimate of drug-likeness (QED) is 0.256. The van der Waals surface area contributed by atoms with Crippen LogP contribution in [0.1, 0.15) is 12.0 Å². The van der Waals surface area contributed by atoms with Gasteiger partial charge in [-0.3, -0.25) is 4.99 Å². The van der Waals surface area contributed by atoms with E-state index < -0.39 is 0 Å². The highest BCUT2D eigenvalue weighted by molar-refractivity contribution is 14.0. The molecular formula is C20H28IN3O2. The molecule has 0 heterocycles. The lowest BCUT2D eigenvalue weighted by atomic mass is 10.1. The number of benzene rings is 2. The number of nitrogens with one attached hydrogen (secondary N) is 2. The summed E-state index contributed by atoms with van der Waals surface area (Å²) in [6, 6.07) is 18.0. The fourth-order valence-corrected chi connectivity index (χ4v) is 2.32. The molecule has 0 atom stereocenters. The minimum absolute atomic E-state index is 0. The van der Waals surface area contributed by atoms with Crippen molar-refractivity contribution in [2.24, 2.45) is 4.99 Å². The third-order valence-electron chi connectivity index (χ3n) is 3.71. The molecule has 0 amide bonds. The van der Waals surface area contributed by atoms with Crippen LogP contribution in [0.25, 0.3) is 0 Å². The number of rotatable bonds is 9. The Kier molecular flexibility index (Phi) is 11.3. The van der Waals surface area contributed by atoms with Crippen LogP contribution in [-0.4, -0.2) is 39.8 Å². The van der Waals surface area contributed by atoms with Gasteiger partial charge in [0, 0.05) is 20.1 Å². The van der Waals surface area contributed by atoms with Gasteiger partial charge < -0.3 is 20.1 Å². The number of guanidine groups is 1. The number of nitrogens with zero attached hydrogens (tertiary/aromatic N) is 1. The number of aliphatic imine (C=N–C) groups is 1. The molecular weight excluding hydrogens is 441 g/mol. The van der Waals surface area contributed by atoms with Gasteiger partial charge in [-0.2, -0.15) is 0 Å². The number of ether oxygens (including phenoxy) is 2. The van der Waals surface area contributed by atoms with Crippen LogP contribution in [0.15, 0.2) is 59.6 Å². The van der Waals surface area contributed by atoms with Crippen molar-refractivity contribution in [2.75, 3.05) is 33.9 Å². The van der Waals surface area contributed by atoms with Gasteiger partial charge in [0.1, 0.15) is 11.5 Å². The molecule has 142 valence electrons. The lowest BCUT2D eigenvalue weighted by Gasteiger charge is -2.12. The Hall–Kier alpha value is -1.96. The second-order valence-electron chi connectivity index (χ2n) is 5.54. The molecule has 5 nitrogen and oxygen atoms in total. The molecule has 0 aliphatic rings. The summed E-state index contributed by atoms with van der Waals surface area (Å²) in [6.45, 7) is 2.32. The molecule has 0 spiro atoms. The number of halogens is 1. The van der Waals surface area contributed by atoms with Crippen LogP contribution in [0.5, 0.6) is 11.5 Å². The molecule has 0 saturated carbocycles. The highest BCUT2D eigenvalue weighted by Crippen LogP contribution is 2.11. The Bertz CT molecular complexity index is 633. The normalized spacial score (nSPS) is 10.6. The molecule has 0 fully saturated rings. The van der Waals surface area contributed by atoms with Gasteiger partial charge in [0.25, 0.3) is 0 Å². The molecule has 0 unspecified atom stereocenters. The molecule has 2 N–H and O–H groups in total. The first kappa shape index (κ1) is 22.1. The van der Waals surface area contributed by atoms with Crippen LogP contribution < -0.4 is 20.1 Å². The Morgan fingerprint density at radius 2 is 1.62 bits per heavy atom. The van der Waals surface area contributed by atoms with E-state index in [0.717, 1.165) is 43.4 Å². The average molecular weight is 469 g/mol. The maximum atomic E-state index is 5.67. The van der Waals surface area contributed by atoms with E-state index in [1.165, 1.54) is 5.56 Å². The largest absolute Gasteiger partial charge is 0.497 e. The summed E-state index contributed by atoms with van der Waals surface area (Å²) in [4.78, 5) is 4.24. The predicted octanol–water partition coefficient (Wildman–Crippen LogP) is 3.49. The zero-order valence-electron chi connectivity index (χ0n) is 15.4. The number of methoxy groups -OCH3 is 1. The monoisotopic (exact) mass is 469 g/mol. The fraction of sp³-hybridized carbons (Fsp3) is 0.350. The smallest absolute Gasteiger partial charge is 0.190 e. The molecule has 2 aromatic rings. The first-order valence-electron chi connectivity index (χ1n) is 8.57. The van der Waals surface area contributed by atoms with Crippen LogP contribution in [0, 0.1) is 0 Å². The molecule has 0 aliphatic carbocycles. The van der Waals surface area contributed by atoms with Gasteiger partial charge in [0.15, 0.2) is 5.96 Å². The molecule has 26 heavy (non-hydrogen) atoms. The van der Waals surface area contributed by atoms with Crippen molar-refractivity contribution < 1.29 is 9.47 Å². The first-order chi connectivity index (χ1) is 12.3. The molecule has 2 rings (SSSR count). The van der Waals surface area contributed by atoms with E-state index in [4.69, 9.17) is 9.47 Å². The van der Waals surface area contributed by atoms with E-state index in [0.29, 0.717) is 6.61 Å². The third kappa shape index (κ3) is 8.42. The van der Waals surface area contributed by atoms with E-state index in [2.05, 4.69) is 27.8 Å². The lowest BCUT2D eigenvalue weighted by molar-refractivity contribution is 0.311. The SMILES string of the molecule is CN=C(NCCCOc1ccccc1)NCCc1ccc(OC)cc1.I. The van der Waals surface area contributed by atoms with Crippen molar-refractivity contribution >= 4 is 29.9 Å². The standard InChI is InChI=1S/C20H27N3O2.HI/c1-21-20(22-14-6-16-25-19-7-4-3-5-8-19)23-15-13-17-9-11-18(24-2)12-10-17;/h3-5,7-12H,6,13-16H2,1-2H3,(H2,21,22,23);1H. The maximum Gasteiger partial charge on any atom is 0.190 e. The molecule has 0 saturated heterocycles. The van der Waals surface area contributed by atoms with E-state index in [9.17, 15) is 0 Å². The molecule has 6 heteroatoms. The molecule has 0 bridgehead atoms. The van der Waals surface area contributed by atoms with Crippen LogP contribution in [0.2, 0.25) is 0 Å².